The third-order valence-corrected chi connectivity index (χ3v) is 5.50. The van der Waals surface area contributed by atoms with Crippen LogP contribution < -0.4 is 10.2 Å². The van der Waals surface area contributed by atoms with Gasteiger partial charge >= 0.3 is 0 Å². The van der Waals surface area contributed by atoms with Crippen molar-refractivity contribution in [2.24, 2.45) is 0 Å². The van der Waals surface area contributed by atoms with Gasteiger partial charge in [-0.1, -0.05) is 24.3 Å². The third kappa shape index (κ3) is 3.63. The molecular formula is C21H22FN3O3. The molecule has 2 N–H and O–H groups in total. The van der Waals surface area contributed by atoms with Gasteiger partial charge in [0.1, 0.15) is 12.4 Å². The van der Waals surface area contributed by atoms with Crippen molar-refractivity contribution in [1.82, 2.24) is 4.90 Å². The minimum Gasteiger partial charge on any atom is -0.385 e. The Bertz CT molecular complexity index is 892. The molecule has 0 saturated carbocycles. The minimum absolute atomic E-state index is 0.00318. The lowest BCUT2D eigenvalue weighted by molar-refractivity contribution is -0.123. The summed E-state index contributed by atoms with van der Waals surface area (Å²) < 4.78 is 13.1. The molecule has 4 rings (SSSR count). The van der Waals surface area contributed by atoms with Gasteiger partial charge in [-0.05, 0) is 42.7 Å². The van der Waals surface area contributed by atoms with Gasteiger partial charge in [-0.3, -0.25) is 19.4 Å². The molecule has 0 aliphatic carbocycles. The predicted molar refractivity (Wildman–Crippen MR) is 103 cm³/mol. The molecule has 0 spiro atoms. The van der Waals surface area contributed by atoms with E-state index in [2.05, 4.69) is 5.32 Å². The number of halogens is 1. The third-order valence-electron chi connectivity index (χ3n) is 5.50. The van der Waals surface area contributed by atoms with Crippen molar-refractivity contribution < 1.29 is 19.1 Å². The summed E-state index contributed by atoms with van der Waals surface area (Å²) in [7, 11) is 0. The highest BCUT2D eigenvalue weighted by molar-refractivity contribution is 6.10. The monoisotopic (exact) mass is 383 g/mol. The van der Waals surface area contributed by atoms with Gasteiger partial charge in [-0.25, -0.2) is 4.39 Å². The van der Waals surface area contributed by atoms with E-state index in [-0.39, 0.29) is 30.7 Å². The quantitative estimate of drug-likeness (QED) is 0.851. The van der Waals surface area contributed by atoms with E-state index >= 15 is 0 Å². The van der Waals surface area contributed by atoms with Gasteiger partial charge in [0.05, 0.1) is 23.5 Å². The zero-order chi connectivity index (χ0) is 19.7. The second-order valence-corrected chi connectivity index (χ2v) is 7.36. The molecule has 146 valence electrons. The van der Waals surface area contributed by atoms with Gasteiger partial charge in [0, 0.05) is 13.1 Å². The molecule has 28 heavy (non-hydrogen) atoms. The van der Waals surface area contributed by atoms with Crippen LogP contribution in [0, 0.1) is 5.82 Å². The number of likely N-dealkylation sites (tertiary alicyclic amines) is 1. The fourth-order valence-corrected chi connectivity index (χ4v) is 3.86. The lowest BCUT2D eigenvalue weighted by Crippen LogP contribution is -2.49. The molecule has 2 aliphatic heterocycles. The Kier molecular flexibility index (Phi) is 4.87. The molecule has 2 aliphatic rings. The second-order valence-electron chi connectivity index (χ2n) is 7.36. The summed E-state index contributed by atoms with van der Waals surface area (Å²) in [4.78, 5) is 28.3. The number of piperidine rings is 1. The van der Waals surface area contributed by atoms with Gasteiger partial charge < -0.3 is 10.4 Å². The number of anilines is 2. The highest BCUT2D eigenvalue weighted by Gasteiger charge is 2.35. The Morgan fingerprint density at radius 3 is 2.50 bits per heavy atom. The topological polar surface area (TPSA) is 72.9 Å². The average Bonchev–Trinajstić information content (AvgIpc) is 2.69. The zero-order valence-corrected chi connectivity index (χ0v) is 15.4. The number of benzene rings is 2. The lowest BCUT2D eigenvalue weighted by Gasteiger charge is -2.39. The summed E-state index contributed by atoms with van der Waals surface area (Å²) in [6.07, 6.45) is 0.923. The van der Waals surface area contributed by atoms with Crippen LogP contribution in [0.5, 0.6) is 0 Å². The summed E-state index contributed by atoms with van der Waals surface area (Å²) >= 11 is 0. The van der Waals surface area contributed by atoms with E-state index in [1.807, 2.05) is 23.1 Å². The Balaban J connectivity index is 1.41. The normalized spacial score (nSPS) is 19.1. The number of rotatable bonds is 3. The van der Waals surface area contributed by atoms with E-state index in [9.17, 15) is 19.1 Å². The van der Waals surface area contributed by atoms with Crippen LogP contribution in [-0.2, 0) is 15.2 Å². The molecule has 2 heterocycles. The van der Waals surface area contributed by atoms with Crippen molar-refractivity contribution in [3.63, 3.8) is 0 Å². The smallest absolute Gasteiger partial charge is 0.244 e. The summed E-state index contributed by atoms with van der Waals surface area (Å²) in [6.45, 7) is 1.27. The molecule has 0 bridgehead atoms. The molecule has 0 aromatic heterocycles. The van der Waals surface area contributed by atoms with Crippen LogP contribution in [0.1, 0.15) is 18.4 Å². The van der Waals surface area contributed by atoms with E-state index < -0.39 is 5.60 Å². The predicted octanol–water partition coefficient (Wildman–Crippen LogP) is 2.09. The van der Waals surface area contributed by atoms with Gasteiger partial charge in [-0.2, -0.15) is 0 Å². The average molecular weight is 383 g/mol. The van der Waals surface area contributed by atoms with Crippen molar-refractivity contribution in [2.45, 2.75) is 18.4 Å². The SMILES string of the molecule is O=C1CN(C(=O)CN2CCC(O)(c3ccc(F)cc3)CC2)c2ccccc2N1. The molecule has 2 amide bonds. The molecule has 2 aromatic rings. The van der Waals surface area contributed by atoms with Crippen molar-refractivity contribution in [3.8, 4) is 0 Å². The first-order valence-corrected chi connectivity index (χ1v) is 9.35. The molecule has 2 aromatic carbocycles. The lowest BCUT2D eigenvalue weighted by atomic mass is 9.84. The van der Waals surface area contributed by atoms with Gasteiger partial charge in [0.15, 0.2) is 0 Å². The largest absolute Gasteiger partial charge is 0.385 e. The first kappa shape index (κ1) is 18.6. The molecular weight excluding hydrogens is 361 g/mol. The molecule has 1 fully saturated rings. The summed E-state index contributed by atoms with van der Waals surface area (Å²) in [5.74, 6) is -0.688. The number of nitrogens with one attached hydrogen (secondary N) is 1. The Morgan fingerprint density at radius 1 is 1.11 bits per heavy atom. The van der Waals surface area contributed by atoms with Gasteiger partial charge in [-0.15, -0.1) is 0 Å². The van der Waals surface area contributed by atoms with Crippen LogP contribution >= 0.6 is 0 Å². The van der Waals surface area contributed by atoms with Crippen LogP contribution in [0.15, 0.2) is 48.5 Å². The first-order valence-electron chi connectivity index (χ1n) is 9.35. The van der Waals surface area contributed by atoms with E-state index in [0.29, 0.717) is 42.9 Å². The highest BCUT2D eigenvalue weighted by atomic mass is 19.1. The fourth-order valence-electron chi connectivity index (χ4n) is 3.86. The van der Waals surface area contributed by atoms with Crippen LogP contribution in [0.2, 0.25) is 0 Å². The van der Waals surface area contributed by atoms with Crippen LogP contribution in [-0.4, -0.2) is 48.0 Å². The number of fused-ring (bicyclic) bond motifs is 1. The Morgan fingerprint density at radius 2 is 1.79 bits per heavy atom. The fraction of sp³-hybridized carbons (Fsp3) is 0.333. The van der Waals surface area contributed by atoms with E-state index in [0.717, 1.165) is 0 Å². The number of hydrogen-bond donors (Lipinski definition) is 2. The number of carbonyl (C=O) groups excluding carboxylic acids is 2. The van der Waals surface area contributed by atoms with Crippen molar-refractivity contribution in [2.75, 3.05) is 36.4 Å². The summed E-state index contributed by atoms with van der Waals surface area (Å²) in [6, 6.07) is 13.2. The maximum Gasteiger partial charge on any atom is 0.244 e. The molecule has 7 heteroatoms. The van der Waals surface area contributed by atoms with Crippen LogP contribution in [0.25, 0.3) is 0 Å². The number of nitrogens with zero attached hydrogens (tertiary/aromatic N) is 2. The summed E-state index contributed by atoms with van der Waals surface area (Å²) in [5, 5.41) is 13.7. The molecule has 1 saturated heterocycles. The number of aliphatic hydroxyl groups is 1. The molecule has 0 atom stereocenters. The van der Waals surface area contributed by atoms with Crippen molar-refractivity contribution in [1.29, 1.82) is 0 Å². The van der Waals surface area contributed by atoms with Crippen LogP contribution in [0.3, 0.4) is 0 Å². The van der Waals surface area contributed by atoms with E-state index in [4.69, 9.17) is 0 Å². The molecule has 0 unspecified atom stereocenters. The van der Waals surface area contributed by atoms with Crippen LogP contribution in [0.4, 0.5) is 15.8 Å². The number of amides is 2. The van der Waals surface area contributed by atoms with E-state index in [1.165, 1.54) is 17.0 Å². The van der Waals surface area contributed by atoms with Gasteiger partial charge in [0.25, 0.3) is 0 Å². The maximum absolute atomic E-state index is 13.1. The zero-order valence-electron chi connectivity index (χ0n) is 15.4. The number of para-hydroxylation sites is 2. The minimum atomic E-state index is -1.01. The molecule has 0 radical (unpaired) electrons. The van der Waals surface area contributed by atoms with Crippen molar-refractivity contribution in [3.05, 3.63) is 59.9 Å². The second kappa shape index (κ2) is 7.33. The standard InChI is InChI=1S/C21H22FN3O3/c22-16-7-5-15(6-8-16)21(28)9-11-24(12-10-21)14-20(27)25-13-19(26)23-17-3-1-2-4-18(17)25/h1-8,28H,9-14H2,(H,23,26). The number of hydrogen-bond acceptors (Lipinski definition) is 4. The van der Waals surface area contributed by atoms with Crippen molar-refractivity contribution >= 4 is 23.2 Å². The molecule has 6 nitrogen and oxygen atoms in total. The summed E-state index contributed by atoms with van der Waals surface area (Å²) in [5.41, 5.74) is 1.02. The maximum atomic E-state index is 13.1. The Labute approximate surface area is 162 Å². The highest BCUT2D eigenvalue weighted by Crippen LogP contribution is 2.33. The number of carbonyl (C=O) groups is 2. The van der Waals surface area contributed by atoms with E-state index in [1.54, 1.807) is 18.2 Å². The Hall–Kier alpha value is -2.77. The van der Waals surface area contributed by atoms with Gasteiger partial charge in [0.2, 0.25) is 11.8 Å². The first-order chi connectivity index (χ1) is 13.4.